The Labute approximate surface area is 572 Å². The summed E-state index contributed by atoms with van der Waals surface area (Å²) in [7, 11) is -7.05. The van der Waals surface area contributed by atoms with Gasteiger partial charge in [0.2, 0.25) is 17.7 Å². The van der Waals surface area contributed by atoms with E-state index >= 15 is 0 Å². The molecule has 0 radical (unpaired) electrons. The molecule has 518 valence electrons. The molecule has 0 spiro atoms. The molecule has 3 atom stereocenters. The molecule has 6 aromatic rings. The fourth-order valence-corrected chi connectivity index (χ4v) is 13.5. The lowest BCUT2D eigenvalue weighted by atomic mass is 10.1. The maximum Gasteiger partial charge on any atom is 0.264 e. The van der Waals surface area contributed by atoms with Gasteiger partial charge >= 0.3 is 0 Å². The van der Waals surface area contributed by atoms with Crippen molar-refractivity contribution in [3.63, 3.8) is 0 Å². The number of anilines is 3. The Kier molecular flexibility index (Phi) is 21.3. The Bertz CT molecular complexity index is 4580. The van der Waals surface area contributed by atoms with Crippen LogP contribution in [0.4, 0.5) is 17.1 Å². The third kappa shape index (κ3) is 17.6. The van der Waals surface area contributed by atoms with Crippen LogP contribution in [0.1, 0.15) is 155 Å². The SMILES string of the molecule is C.[2H]C([2H])(C)Oc1cc(C(CS(C)(=O)=O)N2C(=O)c3cccc(NC(C)=O)c3C2=O)ccc1OC.[2H]C([2H])(C)Oc1cc(C(CS(C)(=O)=O)N2C(=O)c3cccc(NC(C)=O)c3C2=O)ccc1OC.[2H]C([2H])([2H])COc1cc(C(CS(C)(=O)=O)N2C(=O)c3cccc(NC(C)=O)c3C2=O)ccc1OC. The molecule has 97 heavy (non-hydrogen) atoms. The minimum Gasteiger partial charge on any atom is -0.493 e. The highest BCUT2D eigenvalue weighted by atomic mass is 32.2. The van der Waals surface area contributed by atoms with Crippen LogP contribution in [-0.2, 0) is 43.9 Å². The van der Waals surface area contributed by atoms with E-state index in [2.05, 4.69) is 16.0 Å². The number of nitrogens with one attached hydrogen (secondary N) is 3. The van der Waals surface area contributed by atoms with Gasteiger partial charge < -0.3 is 44.4 Å². The summed E-state index contributed by atoms with van der Waals surface area (Å²) in [5.74, 6) is -7.05. The van der Waals surface area contributed by atoms with Gasteiger partial charge in [0.15, 0.2) is 34.5 Å². The standard InChI is InChI=1S/3C22H24N2O7S.CH4/c3*1-5-31-19-11-14(9-10-18(19)30-3)17(12-32(4,28)29)24-21(26)15-7-6-8-16(23-13(2)25)20(15)22(24)27;/h3*6-11,17H,5,12H2,1-4H3,(H,23,25);1H4/i2*5D2;1D3;. The Balaban J connectivity index is 0.000000244. The van der Waals surface area contributed by atoms with Crippen LogP contribution >= 0.6 is 0 Å². The molecule has 3 aliphatic heterocycles. The molecule has 0 saturated heterocycles. The third-order valence-corrected chi connectivity index (χ3v) is 17.2. The number of benzene rings is 6. The highest BCUT2D eigenvalue weighted by Gasteiger charge is 2.47. The topological polar surface area (TPSA) is 357 Å². The van der Waals surface area contributed by atoms with Gasteiger partial charge in [-0.3, -0.25) is 57.9 Å². The molecular formula is C67H76N6O21S3. The monoisotopic (exact) mass is 1400 g/mol. The molecule has 9 rings (SSSR count). The number of amides is 9. The molecular weight excluding hydrogens is 1320 g/mol. The maximum atomic E-state index is 13.4. The van der Waals surface area contributed by atoms with Gasteiger partial charge in [0, 0.05) is 43.7 Å². The van der Waals surface area contributed by atoms with Crippen LogP contribution < -0.4 is 44.4 Å². The van der Waals surface area contributed by atoms with Crippen LogP contribution in [0.15, 0.2) is 109 Å². The summed E-state index contributed by atoms with van der Waals surface area (Å²) in [5.41, 5.74) is 1.05. The average Bonchev–Trinajstić information content (AvgIpc) is 1.61. The van der Waals surface area contributed by atoms with E-state index in [0.29, 0.717) is 0 Å². The Hall–Kier alpha value is -10.2. The maximum absolute atomic E-state index is 13.4. The highest BCUT2D eigenvalue weighted by molar-refractivity contribution is 7.91. The van der Waals surface area contributed by atoms with Crippen molar-refractivity contribution in [1.29, 1.82) is 0 Å². The summed E-state index contributed by atoms with van der Waals surface area (Å²) in [6.45, 7) is -1.08. The first-order valence-electron chi connectivity index (χ1n) is 32.1. The number of imide groups is 3. The molecule has 0 saturated carbocycles. The van der Waals surface area contributed by atoms with Crippen molar-refractivity contribution in [3.05, 3.63) is 159 Å². The Morgan fingerprint density at radius 3 is 0.928 bits per heavy atom. The first-order valence-corrected chi connectivity index (χ1v) is 34.8. The van der Waals surface area contributed by atoms with Crippen molar-refractivity contribution >= 4 is 99.7 Å². The molecule has 0 fully saturated rings. The van der Waals surface area contributed by atoms with Crippen LogP contribution in [-0.4, -0.2) is 170 Å². The van der Waals surface area contributed by atoms with E-state index in [1.54, 1.807) is 0 Å². The minimum absolute atomic E-state index is 0. The van der Waals surface area contributed by atoms with Crippen molar-refractivity contribution < 1.29 is 106 Å². The third-order valence-electron chi connectivity index (χ3n) is 14.5. The van der Waals surface area contributed by atoms with Crippen molar-refractivity contribution in [2.75, 3.05) is 93.0 Å². The normalized spacial score (nSPS) is 15.5. The molecule has 3 unspecified atom stereocenters. The van der Waals surface area contributed by atoms with Crippen LogP contribution in [0.3, 0.4) is 0 Å². The number of fused-ring (bicyclic) bond motifs is 3. The summed E-state index contributed by atoms with van der Waals surface area (Å²) < 4.78 is 158. The summed E-state index contributed by atoms with van der Waals surface area (Å²) in [6.07, 6.45) is 2.93. The smallest absolute Gasteiger partial charge is 0.264 e. The second-order valence-electron chi connectivity index (χ2n) is 21.6. The molecule has 0 bridgehead atoms. The first kappa shape index (κ1) is 65.5. The number of hydrogen-bond donors (Lipinski definition) is 3. The summed E-state index contributed by atoms with van der Waals surface area (Å²) in [4.78, 5) is 117. The van der Waals surface area contributed by atoms with E-state index in [0.717, 1.165) is 33.5 Å². The molecule has 3 heterocycles. The zero-order valence-electron chi connectivity index (χ0n) is 60.6. The van der Waals surface area contributed by atoms with E-state index in [4.69, 9.17) is 38.0 Å². The van der Waals surface area contributed by atoms with Gasteiger partial charge in [-0.15, -0.1) is 0 Å². The second kappa shape index (κ2) is 31.6. The lowest BCUT2D eigenvalue weighted by molar-refractivity contribution is -0.115. The largest absolute Gasteiger partial charge is 0.493 e. The highest BCUT2D eigenvalue weighted by Crippen LogP contribution is 2.43. The van der Waals surface area contributed by atoms with Crippen molar-refractivity contribution in [2.24, 2.45) is 0 Å². The van der Waals surface area contributed by atoms with E-state index < -0.39 is 145 Å². The molecule has 27 nitrogen and oxygen atoms in total. The van der Waals surface area contributed by atoms with Gasteiger partial charge in [0.05, 0.1) is 132 Å². The number of nitrogens with zero attached hydrogens (tertiary/aromatic N) is 3. The molecule has 3 aliphatic rings. The summed E-state index contributed by atoms with van der Waals surface area (Å²) in [6, 6.07) is 22.2. The predicted molar refractivity (Wildman–Crippen MR) is 360 cm³/mol. The second-order valence-corrected chi connectivity index (χ2v) is 28.2. The van der Waals surface area contributed by atoms with E-state index in [-0.39, 0.29) is 109 Å². The van der Waals surface area contributed by atoms with E-state index in [1.165, 1.54) is 165 Å². The van der Waals surface area contributed by atoms with Gasteiger partial charge in [0.25, 0.3) is 35.4 Å². The quantitative estimate of drug-likeness (QED) is 0.0484. The fraction of sp³-hybridized carbons (Fsp3) is 0.328. The van der Waals surface area contributed by atoms with Gasteiger partial charge in [-0.2, -0.15) is 0 Å². The van der Waals surface area contributed by atoms with Crippen LogP contribution in [0.2, 0.25) is 0 Å². The van der Waals surface area contributed by atoms with Crippen molar-refractivity contribution in [2.45, 2.75) is 67.0 Å². The zero-order valence-corrected chi connectivity index (χ0v) is 56.0. The Morgan fingerprint density at radius 2 is 0.701 bits per heavy atom. The lowest BCUT2D eigenvalue weighted by Gasteiger charge is -2.27. The molecule has 9 amide bonds. The van der Waals surface area contributed by atoms with E-state index in [9.17, 15) is 68.4 Å². The number of rotatable bonds is 24. The van der Waals surface area contributed by atoms with Gasteiger partial charge in [-0.05, 0) is 110 Å². The number of carbonyl (C=O) groups excluding carboxylic acids is 9. The average molecular weight is 1400 g/mol. The van der Waals surface area contributed by atoms with Crippen molar-refractivity contribution in [3.8, 4) is 34.5 Å². The minimum atomic E-state index is -3.71. The van der Waals surface area contributed by atoms with E-state index in [1.807, 2.05) is 0 Å². The van der Waals surface area contributed by atoms with Crippen LogP contribution in [0.5, 0.6) is 34.5 Å². The summed E-state index contributed by atoms with van der Waals surface area (Å²) >= 11 is 0. The predicted octanol–water partition coefficient (Wildman–Crippen LogP) is 7.94. The number of sulfone groups is 3. The van der Waals surface area contributed by atoms with Crippen LogP contribution in [0.25, 0.3) is 0 Å². The van der Waals surface area contributed by atoms with Gasteiger partial charge in [-0.1, -0.05) is 43.8 Å². The molecule has 30 heteroatoms. The van der Waals surface area contributed by atoms with Gasteiger partial charge in [0.1, 0.15) is 29.5 Å². The zero-order chi connectivity index (χ0) is 77.0. The molecule has 6 aromatic carbocycles. The summed E-state index contributed by atoms with van der Waals surface area (Å²) in [5, 5.41) is 7.55. The van der Waals surface area contributed by atoms with Gasteiger partial charge in [-0.25, -0.2) is 25.3 Å². The van der Waals surface area contributed by atoms with Crippen molar-refractivity contribution in [1.82, 2.24) is 14.7 Å². The van der Waals surface area contributed by atoms with Crippen LogP contribution in [0, 0.1) is 0 Å². The lowest BCUT2D eigenvalue weighted by Crippen LogP contribution is -2.37. The molecule has 0 aliphatic carbocycles. The fourth-order valence-electron chi connectivity index (χ4n) is 10.7. The Morgan fingerprint density at radius 1 is 0.433 bits per heavy atom. The number of carbonyl (C=O) groups is 9. The number of methoxy groups -OCH3 is 3. The molecule has 3 N–H and O–H groups in total. The first-order chi connectivity index (χ1) is 47.6. The molecule has 0 aromatic heterocycles. The number of hydrogen-bond acceptors (Lipinski definition) is 21. The number of ether oxygens (including phenoxy) is 6.